The highest BCUT2D eigenvalue weighted by atomic mass is 32.1. The van der Waals surface area contributed by atoms with Crippen molar-refractivity contribution in [2.24, 2.45) is 5.92 Å². The number of amides is 1. The van der Waals surface area contributed by atoms with Gasteiger partial charge in [-0.3, -0.25) is 9.69 Å². The number of hydrogen-bond donors (Lipinski definition) is 3. The number of benzene rings is 1. The Morgan fingerprint density at radius 1 is 1.22 bits per heavy atom. The van der Waals surface area contributed by atoms with Crippen molar-refractivity contribution >= 4 is 44.2 Å². The molecule has 262 valence electrons. The van der Waals surface area contributed by atoms with Crippen LogP contribution in [0.4, 0.5) is 19.0 Å². The summed E-state index contributed by atoms with van der Waals surface area (Å²) in [6.45, 7) is 11.9. The van der Waals surface area contributed by atoms with Gasteiger partial charge in [-0.05, 0) is 73.6 Å². The maximum Gasteiger partial charge on any atom is 0.393 e. The highest BCUT2D eigenvalue weighted by Crippen LogP contribution is 2.34. The predicted octanol–water partition coefficient (Wildman–Crippen LogP) is 6.56. The quantitative estimate of drug-likeness (QED) is 0.160. The second-order valence-electron chi connectivity index (χ2n) is 13.5. The van der Waals surface area contributed by atoms with E-state index in [0.29, 0.717) is 21.7 Å². The molecule has 1 saturated heterocycles. The highest BCUT2D eigenvalue weighted by molar-refractivity contribution is 7.18. The molecule has 1 fully saturated rings. The Hall–Kier alpha value is -4.51. The lowest BCUT2D eigenvalue weighted by atomic mass is 9.85. The number of carbonyl (C=O) groups is 1. The van der Waals surface area contributed by atoms with Gasteiger partial charge in [0.1, 0.15) is 34.3 Å². The van der Waals surface area contributed by atoms with Crippen LogP contribution in [0.2, 0.25) is 0 Å². The smallest absolute Gasteiger partial charge is 0.384 e. The summed E-state index contributed by atoms with van der Waals surface area (Å²) in [5, 5.41) is 29.7. The number of nitrogens with zero attached hydrogens (tertiary/aromatic N) is 5. The predicted molar refractivity (Wildman–Crippen MR) is 190 cm³/mol. The summed E-state index contributed by atoms with van der Waals surface area (Å²) in [7, 11) is 0. The van der Waals surface area contributed by atoms with Gasteiger partial charge in [-0.15, -0.1) is 11.3 Å². The second kappa shape index (κ2) is 14.0. The molecule has 0 radical (unpaired) electrons. The minimum absolute atomic E-state index is 0.0445. The zero-order chi connectivity index (χ0) is 35.8. The molecule has 6 rings (SSSR count). The number of nitrogens with one attached hydrogen (secondary N) is 2. The van der Waals surface area contributed by atoms with Crippen LogP contribution in [-0.4, -0.2) is 67.4 Å². The van der Waals surface area contributed by atoms with Crippen molar-refractivity contribution in [1.29, 1.82) is 5.26 Å². The third-order valence-electron chi connectivity index (χ3n) is 9.73. The number of aliphatic hydroxyl groups is 1. The Morgan fingerprint density at radius 2 is 1.98 bits per heavy atom. The summed E-state index contributed by atoms with van der Waals surface area (Å²) >= 11 is 1.05. The van der Waals surface area contributed by atoms with Gasteiger partial charge in [-0.2, -0.15) is 18.4 Å². The second-order valence-corrected chi connectivity index (χ2v) is 14.6. The average Bonchev–Trinajstić information content (AvgIpc) is 3.64. The molecule has 1 aliphatic heterocycles. The van der Waals surface area contributed by atoms with Crippen molar-refractivity contribution in [3.8, 4) is 6.07 Å². The summed E-state index contributed by atoms with van der Waals surface area (Å²) in [6.07, 6.45) is 4.74. The summed E-state index contributed by atoms with van der Waals surface area (Å²) in [5.41, 5.74) is 3.03. The van der Waals surface area contributed by atoms with Crippen LogP contribution < -0.4 is 10.6 Å². The molecule has 3 N–H and O–H groups in total. The molecule has 1 aliphatic carbocycles. The first-order chi connectivity index (χ1) is 23.7. The maximum atomic E-state index is 13.0. The molecular formula is C37H40F3N7O2S. The monoisotopic (exact) mass is 703 g/mol. The molecule has 2 aliphatic rings. The number of piperidine rings is 1. The Balaban J connectivity index is 1.11. The van der Waals surface area contributed by atoms with Crippen LogP contribution in [0.1, 0.15) is 48.4 Å². The number of alkyl halides is 3. The van der Waals surface area contributed by atoms with Gasteiger partial charge >= 0.3 is 6.18 Å². The van der Waals surface area contributed by atoms with E-state index in [0.717, 1.165) is 71.4 Å². The van der Waals surface area contributed by atoms with Crippen LogP contribution in [-0.2, 0) is 24.3 Å². The van der Waals surface area contributed by atoms with Crippen molar-refractivity contribution in [2.75, 3.05) is 18.4 Å². The number of halogens is 3. The Labute approximate surface area is 292 Å². The van der Waals surface area contributed by atoms with Crippen LogP contribution in [0, 0.1) is 24.2 Å². The maximum absolute atomic E-state index is 13.0. The molecule has 4 heterocycles. The largest absolute Gasteiger partial charge is 0.393 e. The van der Waals surface area contributed by atoms with Crippen molar-refractivity contribution in [3.63, 3.8) is 0 Å². The molecule has 9 nitrogen and oxygen atoms in total. The lowest BCUT2D eigenvalue weighted by Crippen LogP contribution is -2.40. The summed E-state index contributed by atoms with van der Waals surface area (Å²) in [5.74, 6) is 0.272. The molecule has 0 bridgehead atoms. The van der Waals surface area contributed by atoms with E-state index in [-0.39, 0.29) is 35.3 Å². The third kappa shape index (κ3) is 7.62. The molecule has 0 spiro atoms. The van der Waals surface area contributed by atoms with Crippen LogP contribution >= 0.6 is 11.3 Å². The fourth-order valence-corrected chi connectivity index (χ4v) is 7.94. The first-order valence-corrected chi connectivity index (χ1v) is 17.4. The Bertz CT molecular complexity index is 2030. The van der Waals surface area contributed by atoms with Crippen LogP contribution in [0.15, 0.2) is 67.0 Å². The lowest BCUT2D eigenvalue weighted by Gasteiger charge is -2.33. The van der Waals surface area contributed by atoms with Gasteiger partial charge in [0.25, 0.3) is 0 Å². The van der Waals surface area contributed by atoms with E-state index < -0.39 is 18.2 Å². The molecule has 3 aromatic heterocycles. The Kier molecular flexibility index (Phi) is 9.90. The normalized spacial score (nSPS) is 20.0. The first kappa shape index (κ1) is 35.3. The number of hydrogen-bond acceptors (Lipinski definition) is 8. The molecule has 3 atom stereocenters. The van der Waals surface area contributed by atoms with Gasteiger partial charge in [0.15, 0.2) is 0 Å². The van der Waals surface area contributed by atoms with Crippen LogP contribution in [0.3, 0.4) is 0 Å². The number of nitriles is 1. The average molecular weight is 704 g/mol. The number of aromatic nitrogens is 3. The van der Waals surface area contributed by atoms with Gasteiger partial charge < -0.3 is 20.3 Å². The molecule has 1 amide bonds. The summed E-state index contributed by atoms with van der Waals surface area (Å²) < 4.78 is 40.8. The van der Waals surface area contributed by atoms with Gasteiger partial charge in [0, 0.05) is 41.5 Å². The van der Waals surface area contributed by atoms with E-state index in [1.54, 1.807) is 13.0 Å². The van der Waals surface area contributed by atoms with Gasteiger partial charge in [0.2, 0.25) is 5.91 Å². The Morgan fingerprint density at radius 3 is 2.66 bits per heavy atom. The molecule has 13 heteroatoms. The summed E-state index contributed by atoms with van der Waals surface area (Å²) in [4.78, 5) is 23.5. The number of fused-ring (bicyclic) bond motifs is 2. The van der Waals surface area contributed by atoms with E-state index >= 15 is 0 Å². The molecule has 4 aromatic rings. The fourth-order valence-electron chi connectivity index (χ4n) is 6.92. The molecule has 3 unspecified atom stereocenters. The molecular weight excluding hydrogens is 664 g/mol. The highest BCUT2D eigenvalue weighted by Gasteiger charge is 2.32. The standard InChI is InChI=1S/C37H40F3N7O2S/c1-5-33(48)45-31-8-7-25(14-22(31)2)36(4,49)20-47-27(18-41)15-29-23(3)24(6-9-32(29)47)19-46-12-10-26(11-13-46)44-34-30-16-28(17-37(38,39)40)50-35(30)43-21-42-34/h5-9,14-16,21-22,26,31,49H,1,10-13,17,19-20H2,2-4H3,(H,45,48)(H,42,43,44). The molecule has 0 saturated carbocycles. The van der Waals surface area contributed by atoms with Crippen molar-refractivity contribution in [3.05, 3.63) is 88.7 Å². The van der Waals surface area contributed by atoms with Gasteiger partial charge in [-0.25, -0.2) is 9.97 Å². The van der Waals surface area contributed by atoms with E-state index in [4.69, 9.17) is 0 Å². The van der Waals surface area contributed by atoms with E-state index in [1.165, 1.54) is 12.4 Å². The minimum Gasteiger partial charge on any atom is -0.384 e. The van der Waals surface area contributed by atoms with Crippen LogP contribution in [0.5, 0.6) is 0 Å². The molecule has 50 heavy (non-hydrogen) atoms. The first-order valence-electron chi connectivity index (χ1n) is 16.6. The zero-order valence-corrected chi connectivity index (χ0v) is 29.0. The summed E-state index contributed by atoms with van der Waals surface area (Å²) in [6, 6.07) is 9.79. The van der Waals surface area contributed by atoms with Gasteiger partial charge in [0.05, 0.1) is 24.4 Å². The van der Waals surface area contributed by atoms with Crippen molar-refractivity contribution in [1.82, 2.24) is 24.8 Å². The zero-order valence-electron chi connectivity index (χ0n) is 28.2. The number of carbonyl (C=O) groups excluding carboxylic acids is 1. The number of thiophene rings is 1. The van der Waals surface area contributed by atoms with E-state index in [2.05, 4.69) is 51.1 Å². The van der Waals surface area contributed by atoms with E-state index in [1.807, 2.05) is 41.9 Å². The number of rotatable bonds is 10. The van der Waals surface area contributed by atoms with Crippen molar-refractivity contribution in [2.45, 2.75) is 77.0 Å². The minimum atomic E-state index is -4.27. The van der Waals surface area contributed by atoms with Gasteiger partial charge in [-0.1, -0.05) is 37.8 Å². The lowest BCUT2D eigenvalue weighted by molar-refractivity contribution is -0.126. The molecule has 1 aromatic carbocycles. The number of anilines is 1. The number of likely N-dealkylation sites (tertiary alicyclic amines) is 1. The van der Waals surface area contributed by atoms with Crippen LogP contribution in [0.25, 0.3) is 21.1 Å². The number of aryl methyl sites for hydroxylation is 1. The van der Waals surface area contributed by atoms with E-state index in [9.17, 15) is 28.3 Å². The fraction of sp³-hybridized carbons (Fsp3) is 0.405. The SMILES string of the molecule is C=CC(=O)NC1C=CC(C(C)(O)Cn2c(C#N)cc3c(C)c(CN4CCC(Nc5ncnc6sc(CC(F)(F)F)cc56)CC4)ccc32)=CC1C. The topological polar surface area (TPSA) is 119 Å². The van der Waals surface area contributed by atoms with Crippen molar-refractivity contribution < 1.29 is 23.1 Å². The third-order valence-corrected chi connectivity index (χ3v) is 10.8.